The summed E-state index contributed by atoms with van der Waals surface area (Å²) >= 11 is 0. The molecular formula is C18H23N5O5. The molecule has 0 saturated carbocycles. The van der Waals surface area contributed by atoms with E-state index in [1.54, 1.807) is 0 Å². The lowest BCUT2D eigenvalue weighted by molar-refractivity contribution is -0.00282. The summed E-state index contributed by atoms with van der Waals surface area (Å²) in [6.07, 6.45) is -2.43. The molecule has 0 bridgehead atoms. The van der Waals surface area contributed by atoms with Crippen LogP contribution in [-0.2, 0) is 6.54 Å². The molecular weight excluding hydrogens is 366 g/mol. The Hall–Kier alpha value is -2.82. The lowest BCUT2D eigenvalue weighted by Crippen LogP contribution is -2.34. The van der Waals surface area contributed by atoms with Crippen LogP contribution in [0.3, 0.4) is 0 Å². The van der Waals surface area contributed by atoms with Crippen molar-refractivity contribution in [2.24, 2.45) is 0 Å². The molecule has 0 amide bonds. The fraction of sp³-hybridized carbons (Fsp3) is 0.444. The molecule has 2 aliphatic heterocycles. The van der Waals surface area contributed by atoms with Gasteiger partial charge in [-0.25, -0.2) is 9.78 Å². The maximum absolute atomic E-state index is 12.3. The number of nitrogens with zero attached hydrogens (tertiary/aromatic N) is 4. The summed E-state index contributed by atoms with van der Waals surface area (Å²) in [4.78, 5) is 36.3. The van der Waals surface area contributed by atoms with Gasteiger partial charge < -0.3 is 24.8 Å². The zero-order chi connectivity index (χ0) is 20.6. The number of benzene rings is 1. The van der Waals surface area contributed by atoms with Crippen LogP contribution in [0.1, 0.15) is 12.0 Å². The summed E-state index contributed by atoms with van der Waals surface area (Å²) in [6, 6.07) is 3.64. The Labute approximate surface area is 160 Å². The Balaban J connectivity index is 2.33. The van der Waals surface area contributed by atoms with Gasteiger partial charge in [-0.05, 0) is 31.0 Å². The summed E-state index contributed by atoms with van der Waals surface area (Å²) in [5, 5.41) is 29.4. The second-order valence-corrected chi connectivity index (χ2v) is 6.93. The van der Waals surface area contributed by atoms with Gasteiger partial charge in [-0.3, -0.25) is 9.78 Å². The van der Waals surface area contributed by atoms with Crippen molar-refractivity contribution in [1.29, 1.82) is 0 Å². The summed E-state index contributed by atoms with van der Waals surface area (Å²) in [7, 11) is 3.76. The zero-order valence-corrected chi connectivity index (χ0v) is 15.9. The molecule has 0 unspecified atom stereocenters. The molecule has 1 aromatic rings. The third kappa shape index (κ3) is 3.61. The normalized spacial score (nSPS) is 13.8. The number of aryl methyl sites for hydroxylation is 1. The fourth-order valence-electron chi connectivity index (χ4n) is 3.23. The van der Waals surface area contributed by atoms with E-state index in [9.17, 15) is 19.8 Å². The molecule has 0 spiro atoms. The van der Waals surface area contributed by atoms with Crippen LogP contribution in [0.25, 0.3) is 22.6 Å². The van der Waals surface area contributed by atoms with Crippen molar-refractivity contribution in [3.8, 4) is 11.5 Å². The predicted molar refractivity (Wildman–Crippen MR) is 104 cm³/mol. The Kier molecular flexibility index (Phi) is 5.45. The van der Waals surface area contributed by atoms with Gasteiger partial charge in [0.15, 0.2) is 11.5 Å². The molecule has 10 nitrogen and oxygen atoms in total. The van der Waals surface area contributed by atoms with Gasteiger partial charge in [0.25, 0.3) is 5.56 Å². The second kappa shape index (κ2) is 7.66. The highest BCUT2D eigenvalue weighted by Gasteiger charge is 2.24. The minimum atomic E-state index is -1.24. The summed E-state index contributed by atoms with van der Waals surface area (Å²) in [5.74, 6) is 0.0186. The number of H-pyrrole nitrogens is 1. The third-order valence-corrected chi connectivity index (χ3v) is 4.65. The Bertz CT molecular complexity index is 1090. The van der Waals surface area contributed by atoms with Crippen molar-refractivity contribution in [1.82, 2.24) is 19.5 Å². The Morgan fingerprint density at radius 3 is 2.54 bits per heavy atom. The number of nitrogens with one attached hydrogen (secondary N) is 1. The molecule has 0 radical (unpaired) electrons. The number of hydrogen-bond donors (Lipinski definition) is 4. The van der Waals surface area contributed by atoms with Crippen molar-refractivity contribution >= 4 is 16.7 Å². The number of aromatic amines is 1. The lowest BCUT2D eigenvalue weighted by Gasteiger charge is -2.24. The van der Waals surface area contributed by atoms with Crippen LogP contribution in [0.5, 0.6) is 0 Å². The van der Waals surface area contributed by atoms with Crippen LogP contribution in [0, 0.1) is 6.92 Å². The topological polar surface area (TPSA) is 145 Å². The number of aromatic nitrogens is 4. The molecule has 0 aromatic heterocycles. The van der Waals surface area contributed by atoms with Crippen LogP contribution in [0.2, 0.25) is 0 Å². The first-order chi connectivity index (χ1) is 13.2. The maximum atomic E-state index is 12.3. The van der Waals surface area contributed by atoms with Gasteiger partial charge in [0.1, 0.15) is 0 Å². The fourth-order valence-corrected chi connectivity index (χ4v) is 3.23. The van der Waals surface area contributed by atoms with Gasteiger partial charge in [0.05, 0.1) is 29.8 Å². The van der Waals surface area contributed by atoms with Gasteiger partial charge in [0, 0.05) is 26.4 Å². The van der Waals surface area contributed by atoms with Crippen molar-refractivity contribution in [2.45, 2.75) is 32.1 Å². The van der Waals surface area contributed by atoms with Crippen molar-refractivity contribution in [2.75, 3.05) is 25.6 Å². The van der Waals surface area contributed by atoms with E-state index < -0.39 is 23.5 Å². The predicted octanol–water partition coefficient (Wildman–Crippen LogP) is -0.937. The van der Waals surface area contributed by atoms with Gasteiger partial charge in [-0.2, -0.15) is 4.98 Å². The molecule has 0 fully saturated rings. The van der Waals surface area contributed by atoms with E-state index in [2.05, 4.69) is 15.0 Å². The van der Waals surface area contributed by atoms with E-state index in [-0.39, 0.29) is 31.1 Å². The van der Waals surface area contributed by atoms with Crippen LogP contribution in [0.4, 0.5) is 5.69 Å². The number of hydrogen-bond acceptors (Lipinski definition) is 8. The maximum Gasteiger partial charge on any atom is 0.349 e. The summed E-state index contributed by atoms with van der Waals surface area (Å²) in [5.41, 5.74) is 1.33. The average molecular weight is 389 g/mol. The molecule has 2 aliphatic rings. The first kappa shape index (κ1) is 19.9. The summed E-state index contributed by atoms with van der Waals surface area (Å²) in [6.45, 7) is 1.49. The monoisotopic (exact) mass is 389 g/mol. The molecule has 0 aliphatic carbocycles. The summed E-state index contributed by atoms with van der Waals surface area (Å²) < 4.78 is 1.51. The van der Waals surface area contributed by atoms with Gasteiger partial charge in [-0.15, -0.1) is 0 Å². The molecule has 1 aromatic carbocycles. The van der Waals surface area contributed by atoms with E-state index in [0.717, 1.165) is 11.3 Å². The van der Waals surface area contributed by atoms with E-state index in [1.165, 1.54) is 4.57 Å². The van der Waals surface area contributed by atoms with Gasteiger partial charge in [-0.1, -0.05) is 0 Å². The molecule has 28 heavy (non-hydrogen) atoms. The van der Waals surface area contributed by atoms with Crippen LogP contribution >= 0.6 is 0 Å². The van der Waals surface area contributed by atoms with E-state index in [1.807, 2.05) is 38.1 Å². The van der Waals surface area contributed by atoms with Gasteiger partial charge in [0.2, 0.25) is 0 Å². The second-order valence-electron chi connectivity index (χ2n) is 6.93. The van der Waals surface area contributed by atoms with Crippen molar-refractivity contribution in [3.05, 3.63) is 38.5 Å². The number of aliphatic hydroxyl groups is 3. The standard InChI is InChI=1S/C18H23N5O5/c1-9-6-10-12(7-11(9)22(2)3)23(8-14(26)13(25)4-5-24)16-15(19-10)17(27)21-18(28)20-16/h6-7,13-14,24-26H,4-5,8H2,1-3H3,(H,21,27,28)/t13-,14+/m0/s1. The minimum absolute atomic E-state index is 0.00838. The van der Waals surface area contributed by atoms with Crippen molar-refractivity contribution in [3.63, 3.8) is 0 Å². The number of anilines is 1. The first-order valence-electron chi connectivity index (χ1n) is 8.82. The molecule has 10 heteroatoms. The Morgan fingerprint density at radius 2 is 1.89 bits per heavy atom. The number of aliphatic hydroxyl groups excluding tert-OH is 3. The highest BCUT2D eigenvalue weighted by Crippen LogP contribution is 2.28. The smallest absolute Gasteiger partial charge is 0.349 e. The quantitative estimate of drug-likeness (QED) is 0.396. The molecule has 4 N–H and O–H groups in total. The van der Waals surface area contributed by atoms with E-state index >= 15 is 0 Å². The third-order valence-electron chi connectivity index (χ3n) is 4.65. The van der Waals surface area contributed by atoms with E-state index in [0.29, 0.717) is 11.0 Å². The highest BCUT2D eigenvalue weighted by molar-refractivity contribution is 5.84. The lowest BCUT2D eigenvalue weighted by atomic mass is 10.1. The number of rotatable bonds is 6. The number of fused-ring (bicyclic) bond motifs is 2. The molecule has 2 heterocycles. The highest BCUT2D eigenvalue weighted by atomic mass is 16.3. The molecule has 2 atom stereocenters. The molecule has 0 saturated heterocycles. The largest absolute Gasteiger partial charge is 0.396 e. The minimum Gasteiger partial charge on any atom is -0.396 e. The molecule has 3 rings (SSSR count). The average Bonchev–Trinajstić information content (AvgIpc) is 2.61. The molecule has 150 valence electrons. The first-order valence-corrected chi connectivity index (χ1v) is 8.82. The van der Waals surface area contributed by atoms with Crippen LogP contribution in [0.15, 0.2) is 21.7 Å². The zero-order valence-electron chi connectivity index (χ0n) is 15.9. The van der Waals surface area contributed by atoms with Crippen LogP contribution < -0.4 is 16.1 Å². The van der Waals surface area contributed by atoms with Gasteiger partial charge >= 0.3 is 5.69 Å². The van der Waals surface area contributed by atoms with Crippen molar-refractivity contribution < 1.29 is 15.3 Å². The van der Waals surface area contributed by atoms with E-state index in [4.69, 9.17) is 5.11 Å². The Morgan fingerprint density at radius 1 is 1.18 bits per heavy atom. The van der Waals surface area contributed by atoms with Crippen LogP contribution in [-0.4, -0.2) is 67.7 Å². The SMILES string of the molecule is Cc1cc2nc3c(=O)[nH]c(=O)nc-3n(C[C@@H](O)[C@@H](O)CCO)c2cc1N(C)C.